The molecule has 1 aromatic heterocycles. The molecule has 0 radical (unpaired) electrons. The molecule has 0 saturated carbocycles. The van der Waals surface area contributed by atoms with Crippen molar-refractivity contribution in [2.45, 2.75) is 27.3 Å². The molecular weight excluding hydrogens is 382 g/mol. The molecule has 0 aliphatic heterocycles. The summed E-state index contributed by atoms with van der Waals surface area (Å²) in [6, 6.07) is 11.2. The molecular formula is C23H27N3O4. The fourth-order valence-electron chi connectivity index (χ4n) is 3.18. The Balaban J connectivity index is 1.71. The quantitative estimate of drug-likeness (QED) is 0.570. The van der Waals surface area contributed by atoms with E-state index in [1.807, 2.05) is 45.0 Å². The highest BCUT2D eigenvalue weighted by molar-refractivity contribution is 6.05. The van der Waals surface area contributed by atoms with Gasteiger partial charge in [-0.05, 0) is 50.6 Å². The smallest absolute Gasteiger partial charge is 0.256 e. The Hall–Kier alpha value is -3.48. The molecule has 0 fully saturated rings. The normalized spacial score (nSPS) is 10.5. The first-order chi connectivity index (χ1) is 14.5. The molecule has 1 heterocycles. The second-order valence-corrected chi connectivity index (χ2v) is 6.66. The van der Waals surface area contributed by atoms with Crippen molar-refractivity contribution in [1.29, 1.82) is 0 Å². The molecule has 2 aromatic carbocycles. The standard InChI is InChI=1S/C23H27N3O4/c1-5-29-21-11-10-17(12-22(21)30-6-2)14-26-15-18(13-24-26)25-23(27)19-8-7-9-20(28-4)16(19)3/h7-13,15H,5-6,14H2,1-4H3,(H,25,27). The predicted octanol–water partition coefficient (Wildman–Crippen LogP) is 4.30. The Morgan fingerprint density at radius 2 is 1.83 bits per heavy atom. The summed E-state index contributed by atoms with van der Waals surface area (Å²) in [5.41, 5.74) is 3.00. The van der Waals surface area contributed by atoms with Crippen molar-refractivity contribution in [2.75, 3.05) is 25.6 Å². The lowest BCUT2D eigenvalue weighted by Gasteiger charge is -2.12. The molecule has 3 rings (SSSR count). The second kappa shape index (κ2) is 9.82. The predicted molar refractivity (Wildman–Crippen MR) is 116 cm³/mol. The maximum atomic E-state index is 12.7. The van der Waals surface area contributed by atoms with Gasteiger partial charge in [0.05, 0.1) is 38.8 Å². The van der Waals surface area contributed by atoms with Gasteiger partial charge >= 0.3 is 0 Å². The Morgan fingerprint density at radius 3 is 2.57 bits per heavy atom. The van der Waals surface area contributed by atoms with Crippen LogP contribution in [0.2, 0.25) is 0 Å². The van der Waals surface area contributed by atoms with Crippen molar-refractivity contribution in [3.63, 3.8) is 0 Å². The zero-order valence-corrected chi connectivity index (χ0v) is 17.8. The Labute approximate surface area is 176 Å². The van der Waals surface area contributed by atoms with Crippen LogP contribution in [0, 0.1) is 6.92 Å². The number of rotatable bonds is 9. The summed E-state index contributed by atoms with van der Waals surface area (Å²) in [6.07, 6.45) is 3.43. The van der Waals surface area contributed by atoms with Crippen LogP contribution in [0.15, 0.2) is 48.8 Å². The first-order valence-corrected chi connectivity index (χ1v) is 9.91. The minimum Gasteiger partial charge on any atom is -0.496 e. The molecule has 0 aliphatic rings. The van der Waals surface area contributed by atoms with Crippen LogP contribution in [0.1, 0.15) is 35.3 Å². The van der Waals surface area contributed by atoms with Gasteiger partial charge in [-0.1, -0.05) is 12.1 Å². The highest BCUT2D eigenvalue weighted by Gasteiger charge is 2.13. The van der Waals surface area contributed by atoms with Crippen molar-refractivity contribution in [3.05, 3.63) is 65.5 Å². The molecule has 0 unspecified atom stereocenters. The zero-order valence-electron chi connectivity index (χ0n) is 17.8. The third kappa shape index (κ3) is 4.92. The van der Waals surface area contributed by atoms with Gasteiger partial charge in [-0.25, -0.2) is 0 Å². The van der Waals surface area contributed by atoms with Gasteiger partial charge in [-0.3, -0.25) is 9.48 Å². The molecule has 0 bridgehead atoms. The van der Waals surface area contributed by atoms with E-state index < -0.39 is 0 Å². The van der Waals surface area contributed by atoms with Gasteiger partial charge in [0.2, 0.25) is 0 Å². The van der Waals surface area contributed by atoms with Gasteiger partial charge < -0.3 is 19.5 Å². The summed E-state index contributed by atoms with van der Waals surface area (Å²) in [4.78, 5) is 12.7. The SMILES string of the molecule is CCOc1ccc(Cn2cc(NC(=O)c3cccc(OC)c3C)cn2)cc1OCC. The summed E-state index contributed by atoms with van der Waals surface area (Å²) in [5.74, 6) is 1.92. The number of benzene rings is 2. The number of amides is 1. The average molecular weight is 409 g/mol. The van der Waals surface area contributed by atoms with E-state index in [0.717, 1.165) is 16.9 Å². The molecule has 1 amide bonds. The van der Waals surface area contributed by atoms with E-state index in [4.69, 9.17) is 14.2 Å². The van der Waals surface area contributed by atoms with Crippen LogP contribution >= 0.6 is 0 Å². The average Bonchev–Trinajstić information content (AvgIpc) is 3.17. The number of nitrogens with zero attached hydrogens (tertiary/aromatic N) is 2. The van der Waals surface area contributed by atoms with Gasteiger partial charge in [0, 0.05) is 17.3 Å². The third-order valence-corrected chi connectivity index (χ3v) is 4.59. The van der Waals surface area contributed by atoms with Crippen molar-refractivity contribution >= 4 is 11.6 Å². The van der Waals surface area contributed by atoms with Crippen LogP contribution in [-0.2, 0) is 6.54 Å². The highest BCUT2D eigenvalue weighted by Crippen LogP contribution is 2.29. The first kappa shape index (κ1) is 21.2. The topological polar surface area (TPSA) is 74.6 Å². The van der Waals surface area contributed by atoms with E-state index in [2.05, 4.69) is 10.4 Å². The van der Waals surface area contributed by atoms with Crippen LogP contribution in [0.3, 0.4) is 0 Å². The first-order valence-electron chi connectivity index (χ1n) is 9.91. The number of nitrogens with one attached hydrogen (secondary N) is 1. The molecule has 0 spiro atoms. The summed E-state index contributed by atoms with van der Waals surface area (Å²) < 4.78 is 18.3. The van der Waals surface area contributed by atoms with Crippen molar-refractivity contribution < 1.29 is 19.0 Å². The van der Waals surface area contributed by atoms with E-state index in [0.29, 0.717) is 42.5 Å². The van der Waals surface area contributed by atoms with Crippen LogP contribution in [0.5, 0.6) is 17.2 Å². The lowest BCUT2D eigenvalue weighted by Crippen LogP contribution is -2.13. The summed E-state index contributed by atoms with van der Waals surface area (Å²) in [6.45, 7) is 7.42. The maximum absolute atomic E-state index is 12.7. The van der Waals surface area contributed by atoms with Gasteiger partial charge in [-0.15, -0.1) is 0 Å². The molecule has 0 atom stereocenters. The minimum absolute atomic E-state index is 0.203. The number of hydrogen-bond acceptors (Lipinski definition) is 5. The summed E-state index contributed by atoms with van der Waals surface area (Å²) >= 11 is 0. The lowest BCUT2D eigenvalue weighted by atomic mass is 10.1. The van der Waals surface area contributed by atoms with E-state index in [9.17, 15) is 4.79 Å². The Morgan fingerprint density at radius 1 is 1.07 bits per heavy atom. The number of ether oxygens (including phenoxy) is 3. The summed E-state index contributed by atoms with van der Waals surface area (Å²) in [5, 5.41) is 7.25. The number of aromatic nitrogens is 2. The third-order valence-electron chi connectivity index (χ3n) is 4.59. The van der Waals surface area contributed by atoms with E-state index in [1.54, 1.807) is 36.3 Å². The van der Waals surface area contributed by atoms with Crippen molar-refractivity contribution in [3.8, 4) is 17.2 Å². The van der Waals surface area contributed by atoms with E-state index >= 15 is 0 Å². The summed E-state index contributed by atoms with van der Waals surface area (Å²) in [7, 11) is 1.59. The van der Waals surface area contributed by atoms with E-state index in [-0.39, 0.29) is 5.91 Å². The molecule has 0 saturated heterocycles. The molecule has 7 heteroatoms. The molecule has 30 heavy (non-hydrogen) atoms. The Kier molecular flexibility index (Phi) is 6.95. The van der Waals surface area contributed by atoms with Crippen LogP contribution < -0.4 is 19.5 Å². The van der Waals surface area contributed by atoms with Gasteiger partial charge in [0.1, 0.15) is 5.75 Å². The van der Waals surface area contributed by atoms with Crippen LogP contribution in [-0.4, -0.2) is 36.0 Å². The number of carbonyl (C=O) groups is 1. The van der Waals surface area contributed by atoms with Gasteiger partial charge in [0.15, 0.2) is 11.5 Å². The molecule has 158 valence electrons. The van der Waals surface area contributed by atoms with Gasteiger partial charge in [0.25, 0.3) is 5.91 Å². The fraction of sp³-hybridized carbons (Fsp3) is 0.304. The van der Waals surface area contributed by atoms with E-state index in [1.165, 1.54) is 0 Å². The number of methoxy groups -OCH3 is 1. The molecule has 0 aliphatic carbocycles. The van der Waals surface area contributed by atoms with Crippen LogP contribution in [0.4, 0.5) is 5.69 Å². The molecule has 1 N–H and O–H groups in total. The maximum Gasteiger partial charge on any atom is 0.256 e. The van der Waals surface area contributed by atoms with Crippen molar-refractivity contribution in [2.24, 2.45) is 0 Å². The minimum atomic E-state index is -0.203. The monoisotopic (exact) mass is 409 g/mol. The van der Waals surface area contributed by atoms with Crippen LogP contribution in [0.25, 0.3) is 0 Å². The highest BCUT2D eigenvalue weighted by atomic mass is 16.5. The molecule has 7 nitrogen and oxygen atoms in total. The largest absolute Gasteiger partial charge is 0.496 e. The number of carbonyl (C=O) groups excluding carboxylic acids is 1. The Bertz CT molecular complexity index is 1010. The fourth-order valence-corrected chi connectivity index (χ4v) is 3.18. The number of hydrogen-bond donors (Lipinski definition) is 1. The zero-order chi connectivity index (χ0) is 21.5. The lowest BCUT2D eigenvalue weighted by molar-refractivity contribution is 0.102. The second-order valence-electron chi connectivity index (χ2n) is 6.66. The number of anilines is 1. The molecule has 3 aromatic rings. The van der Waals surface area contributed by atoms with Crippen molar-refractivity contribution in [1.82, 2.24) is 9.78 Å². The van der Waals surface area contributed by atoms with Gasteiger partial charge in [-0.2, -0.15) is 5.10 Å².